The summed E-state index contributed by atoms with van der Waals surface area (Å²) in [6.07, 6.45) is 0.623. The van der Waals surface area contributed by atoms with E-state index in [-0.39, 0.29) is 25.9 Å². The summed E-state index contributed by atoms with van der Waals surface area (Å²) < 4.78 is 317. The summed E-state index contributed by atoms with van der Waals surface area (Å²) in [5.74, 6) is -57.8. The van der Waals surface area contributed by atoms with Crippen LogP contribution in [0.4, 0.5) is 87.8 Å². The number of aromatic nitrogens is 4. The van der Waals surface area contributed by atoms with Gasteiger partial charge in [0.25, 0.3) is 0 Å². The maximum atomic E-state index is 16.9. The van der Waals surface area contributed by atoms with E-state index in [2.05, 4.69) is 19.9 Å². The SMILES string of the molecule is CN1CC2c3[nH]c(c(-c4c(F)c(F)c(F)c(F)c4F)c4nc(c(-c5c(F)c(F)c(F)c(F)c5F)c5ccc([nH]5)c(-c5c(F)c(F)c(F)c(F)c5F)c5nc(c3-c3c(F)c(F)c(F)c(F)c3F)C=C5)C3Cc5ccccc5CC43)C2C1. The summed E-state index contributed by atoms with van der Waals surface area (Å²) in [6, 6.07) is 7.52. The molecule has 4 unspecified atom stereocenters. The van der Waals surface area contributed by atoms with Crippen molar-refractivity contribution in [2.45, 2.75) is 36.5 Å². The number of benzene rings is 5. The molecule has 0 radical (unpaired) electrons. The fourth-order valence-electron chi connectivity index (χ4n) is 11.7. The number of nitrogens with zero attached hydrogens (tertiary/aromatic N) is 3. The van der Waals surface area contributed by atoms with Crippen molar-refractivity contribution in [1.29, 1.82) is 0 Å². The highest BCUT2D eigenvalue weighted by molar-refractivity contribution is 5.95. The molecule has 8 bridgehead atoms. The third kappa shape index (κ3) is 7.29. The van der Waals surface area contributed by atoms with E-state index in [1.807, 2.05) is 0 Å². The molecule has 2 aromatic heterocycles. The zero-order valence-electron chi connectivity index (χ0n) is 39.7. The highest BCUT2D eigenvalue weighted by Gasteiger charge is 2.48. The number of hydrogen-bond donors (Lipinski definition) is 2. The number of H-pyrrole nitrogens is 2. The van der Waals surface area contributed by atoms with Gasteiger partial charge < -0.3 is 14.9 Å². The van der Waals surface area contributed by atoms with Gasteiger partial charge in [-0.2, -0.15) is 0 Å². The average molecular weight is 1140 g/mol. The molecular formula is C55H25F20N5. The summed E-state index contributed by atoms with van der Waals surface area (Å²) in [6.45, 7) is -0.715. The van der Waals surface area contributed by atoms with Crippen LogP contribution in [-0.2, 0) is 12.8 Å². The predicted octanol–water partition coefficient (Wildman–Crippen LogP) is 15.1. The fourth-order valence-corrected chi connectivity index (χ4v) is 11.7. The maximum Gasteiger partial charge on any atom is 0.200 e. The normalized spacial score (nSPS) is 18.0. The van der Waals surface area contributed by atoms with E-state index < -0.39 is 230 Å². The largest absolute Gasteiger partial charge is 0.361 e. The Morgan fingerprint density at radius 2 is 0.650 bits per heavy atom. The van der Waals surface area contributed by atoms with E-state index >= 15 is 74.6 Å². The summed E-state index contributed by atoms with van der Waals surface area (Å²) in [4.78, 5) is 15.4. The molecule has 1 aliphatic carbocycles. The summed E-state index contributed by atoms with van der Waals surface area (Å²) >= 11 is 0. The van der Waals surface area contributed by atoms with Crippen LogP contribution in [0.3, 0.4) is 0 Å². The lowest BCUT2D eigenvalue weighted by Gasteiger charge is -2.30. The fraction of sp³-hybridized carbons (Fsp3) is 0.164. The zero-order valence-corrected chi connectivity index (χ0v) is 39.7. The van der Waals surface area contributed by atoms with Gasteiger partial charge >= 0.3 is 0 Å². The second kappa shape index (κ2) is 18.4. The molecule has 25 heteroatoms. The Bertz CT molecular complexity index is 4110. The van der Waals surface area contributed by atoms with Gasteiger partial charge in [0.15, 0.2) is 93.1 Å². The van der Waals surface area contributed by atoms with Gasteiger partial charge in [-0.3, -0.25) is 4.98 Å². The molecule has 6 heterocycles. The van der Waals surface area contributed by atoms with Gasteiger partial charge in [-0.25, -0.2) is 92.8 Å². The zero-order chi connectivity index (χ0) is 57.1. The molecular weight excluding hydrogens is 1110 g/mol. The number of likely N-dealkylation sites (N-methyl/N-ethyl adjacent to an activating group) is 1. The Balaban J connectivity index is 1.41. The minimum atomic E-state index is -2.70. The molecule has 5 aromatic carbocycles. The van der Waals surface area contributed by atoms with Crippen LogP contribution >= 0.6 is 0 Å². The maximum absolute atomic E-state index is 16.9. The molecule has 7 aromatic rings. The minimum Gasteiger partial charge on any atom is -0.361 e. The molecule has 0 saturated carbocycles. The molecule has 1 saturated heterocycles. The molecule has 12 rings (SSSR count). The first kappa shape index (κ1) is 52.5. The Morgan fingerprint density at radius 1 is 0.338 bits per heavy atom. The van der Waals surface area contributed by atoms with Crippen LogP contribution in [0.15, 0.2) is 36.4 Å². The molecule has 410 valence electrons. The van der Waals surface area contributed by atoms with Crippen molar-refractivity contribution in [2.24, 2.45) is 0 Å². The second-order valence-corrected chi connectivity index (χ2v) is 19.4. The second-order valence-electron chi connectivity index (χ2n) is 19.4. The minimum absolute atomic E-state index is 0.356. The van der Waals surface area contributed by atoms with Crippen molar-refractivity contribution in [3.63, 3.8) is 0 Å². The van der Waals surface area contributed by atoms with E-state index in [0.29, 0.717) is 29.3 Å². The molecule has 80 heavy (non-hydrogen) atoms. The lowest BCUT2D eigenvalue weighted by atomic mass is 9.72. The van der Waals surface area contributed by atoms with Gasteiger partial charge in [0.05, 0.1) is 45.0 Å². The van der Waals surface area contributed by atoms with Crippen molar-refractivity contribution < 1.29 is 87.8 Å². The highest BCUT2D eigenvalue weighted by atomic mass is 19.2. The lowest BCUT2D eigenvalue weighted by molar-refractivity contribution is 0.381. The van der Waals surface area contributed by atoms with Crippen LogP contribution < -0.4 is 0 Å². The topological polar surface area (TPSA) is 60.6 Å². The third-order valence-corrected chi connectivity index (χ3v) is 15.2. The number of aromatic amines is 2. The smallest absolute Gasteiger partial charge is 0.200 e. The van der Waals surface area contributed by atoms with Gasteiger partial charge in [0.1, 0.15) is 0 Å². The quantitative estimate of drug-likeness (QED) is 0.105. The van der Waals surface area contributed by atoms with Gasteiger partial charge in [-0.15, -0.1) is 0 Å². The lowest BCUT2D eigenvalue weighted by Crippen LogP contribution is -2.20. The molecule has 0 amide bonds. The molecule has 1 fully saturated rings. The summed E-state index contributed by atoms with van der Waals surface area (Å²) in [5.41, 5.74) is -17.5. The van der Waals surface area contributed by atoms with Gasteiger partial charge in [-0.05, 0) is 55.3 Å². The molecule has 4 atom stereocenters. The Kier molecular flexibility index (Phi) is 12.1. The number of halogens is 20. The van der Waals surface area contributed by atoms with E-state index in [4.69, 9.17) is 0 Å². The van der Waals surface area contributed by atoms with Crippen molar-refractivity contribution >= 4 is 23.2 Å². The van der Waals surface area contributed by atoms with E-state index in [1.165, 1.54) is 36.2 Å². The van der Waals surface area contributed by atoms with Crippen molar-refractivity contribution in [3.05, 3.63) is 198 Å². The number of fused-ring (bicyclic) bond motifs is 15. The van der Waals surface area contributed by atoms with Crippen molar-refractivity contribution in [3.8, 4) is 44.5 Å². The number of likely N-dealkylation sites (tertiary alicyclic amines) is 1. The number of hydrogen-bond acceptors (Lipinski definition) is 3. The van der Waals surface area contributed by atoms with Crippen LogP contribution in [-0.4, -0.2) is 45.0 Å². The van der Waals surface area contributed by atoms with E-state index in [1.54, 1.807) is 0 Å². The Labute approximate surface area is 434 Å². The Hall–Kier alpha value is -8.22. The number of rotatable bonds is 4. The van der Waals surface area contributed by atoms with Gasteiger partial charge in [0, 0.05) is 81.4 Å². The van der Waals surface area contributed by atoms with Crippen LogP contribution in [0, 0.1) is 116 Å². The first-order valence-corrected chi connectivity index (χ1v) is 23.6. The van der Waals surface area contributed by atoms with E-state index in [0.717, 1.165) is 6.07 Å². The first-order chi connectivity index (χ1) is 37.9. The van der Waals surface area contributed by atoms with Crippen LogP contribution in [0.2, 0.25) is 0 Å². The molecule has 4 aliphatic heterocycles. The Morgan fingerprint density at radius 3 is 1.06 bits per heavy atom. The molecule has 5 nitrogen and oxygen atoms in total. The monoisotopic (exact) mass is 1140 g/mol. The third-order valence-electron chi connectivity index (χ3n) is 15.2. The summed E-state index contributed by atoms with van der Waals surface area (Å²) in [5, 5.41) is 0. The molecule has 2 N–H and O–H groups in total. The number of nitrogens with one attached hydrogen (secondary N) is 2. The van der Waals surface area contributed by atoms with Crippen molar-refractivity contribution in [1.82, 2.24) is 24.8 Å². The highest BCUT2D eigenvalue weighted by Crippen LogP contribution is 2.56. The molecule has 0 spiro atoms. The average Bonchev–Trinajstić information content (AvgIpc) is 3.03. The molecule has 5 aliphatic rings. The van der Waals surface area contributed by atoms with Gasteiger partial charge in [0.2, 0.25) is 23.3 Å². The predicted molar refractivity (Wildman–Crippen MR) is 244 cm³/mol. The standard InChI is InChI=1S/C55H25F20N5/c1-80-12-18-19(13-80)55-31(30-38(62)46(70)51(75)47(71)39(30)63)53-17-11-15-5-3-2-4-14(15)10-16(17)52(78-53)25(28-34(58)42(66)49(73)43(67)35(28)59)22-8-6-20(76-22)24(27-32(56)40(64)48(72)41(65)33(27)57)21-7-9-23(77-21)26(54(18)79-55)29-36(60)44(68)50(74)45(69)37(29)61/h2-9,16-19,76,79H,10-13H2,1H3. The van der Waals surface area contributed by atoms with Crippen molar-refractivity contribution in [2.75, 3.05) is 20.1 Å². The van der Waals surface area contributed by atoms with Crippen LogP contribution in [0.5, 0.6) is 0 Å². The van der Waals surface area contributed by atoms with Crippen LogP contribution in [0.25, 0.3) is 67.7 Å². The van der Waals surface area contributed by atoms with Gasteiger partial charge in [-0.1, -0.05) is 24.3 Å². The van der Waals surface area contributed by atoms with Crippen LogP contribution in [0.1, 0.15) is 69.0 Å². The van der Waals surface area contributed by atoms with E-state index in [9.17, 15) is 13.2 Å². The first-order valence-electron chi connectivity index (χ1n) is 23.6. The summed E-state index contributed by atoms with van der Waals surface area (Å²) in [7, 11) is 1.39.